The van der Waals surface area contributed by atoms with Crippen molar-refractivity contribution in [2.45, 2.75) is 24.8 Å². The van der Waals surface area contributed by atoms with Crippen molar-refractivity contribution < 1.29 is 8.42 Å². The lowest BCUT2D eigenvalue weighted by molar-refractivity contribution is 0.392. The van der Waals surface area contributed by atoms with E-state index in [1.54, 1.807) is 22.6 Å². The highest BCUT2D eigenvalue weighted by Crippen LogP contribution is 2.32. The Morgan fingerprint density at radius 1 is 1.00 bits per heavy atom. The number of aryl methyl sites for hydroxylation is 1. The lowest BCUT2D eigenvalue weighted by Gasteiger charge is -2.29. The minimum atomic E-state index is -3.50. The van der Waals surface area contributed by atoms with Crippen molar-refractivity contribution in [2.24, 2.45) is 0 Å². The molecule has 5 heteroatoms. The Balaban J connectivity index is 1.73. The molecule has 26 heavy (non-hydrogen) atoms. The fraction of sp³-hybridized carbons (Fsp3) is 0.190. The average Bonchev–Trinajstić information content (AvgIpc) is 2.68. The van der Waals surface area contributed by atoms with E-state index in [2.05, 4.69) is 11.1 Å². The van der Waals surface area contributed by atoms with Crippen molar-refractivity contribution in [1.29, 1.82) is 0 Å². The first kappa shape index (κ1) is 16.9. The highest BCUT2D eigenvalue weighted by Gasteiger charge is 2.29. The number of rotatable bonds is 3. The number of aromatic nitrogens is 1. The van der Waals surface area contributed by atoms with Crippen LogP contribution in [0.3, 0.4) is 0 Å². The number of benzene rings is 2. The van der Waals surface area contributed by atoms with Crippen LogP contribution in [-0.2, 0) is 23.0 Å². The van der Waals surface area contributed by atoms with Gasteiger partial charge in [-0.25, -0.2) is 8.42 Å². The average molecular weight is 364 g/mol. The van der Waals surface area contributed by atoms with Crippen molar-refractivity contribution in [3.05, 3.63) is 83.7 Å². The van der Waals surface area contributed by atoms with Crippen LogP contribution >= 0.6 is 0 Å². The topological polar surface area (TPSA) is 50.3 Å². The van der Waals surface area contributed by atoms with Crippen molar-refractivity contribution in [2.75, 3.05) is 6.54 Å². The zero-order valence-corrected chi connectivity index (χ0v) is 15.4. The van der Waals surface area contributed by atoms with Gasteiger partial charge in [-0.3, -0.25) is 4.98 Å². The van der Waals surface area contributed by atoms with Crippen LogP contribution in [0.5, 0.6) is 0 Å². The molecule has 0 N–H and O–H groups in total. The number of sulfonamides is 1. The highest BCUT2D eigenvalue weighted by molar-refractivity contribution is 7.89. The van der Waals surface area contributed by atoms with E-state index < -0.39 is 10.0 Å². The van der Waals surface area contributed by atoms with E-state index in [4.69, 9.17) is 0 Å². The lowest BCUT2D eigenvalue weighted by Crippen LogP contribution is -2.36. The van der Waals surface area contributed by atoms with E-state index >= 15 is 0 Å². The van der Waals surface area contributed by atoms with Gasteiger partial charge in [0.15, 0.2) is 0 Å². The maximum Gasteiger partial charge on any atom is 0.243 e. The van der Waals surface area contributed by atoms with E-state index in [0.29, 0.717) is 24.4 Å². The van der Waals surface area contributed by atoms with Crippen LogP contribution in [0.25, 0.3) is 11.1 Å². The molecule has 0 unspecified atom stereocenters. The first-order chi connectivity index (χ1) is 12.6. The summed E-state index contributed by atoms with van der Waals surface area (Å²) in [6.07, 6.45) is 4.28. The summed E-state index contributed by atoms with van der Waals surface area (Å²) >= 11 is 0. The first-order valence-electron chi connectivity index (χ1n) is 8.64. The van der Waals surface area contributed by atoms with Gasteiger partial charge in [0.1, 0.15) is 0 Å². The van der Waals surface area contributed by atoms with Gasteiger partial charge in [0.2, 0.25) is 10.0 Å². The summed E-state index contributed by atoms with van der Waals surface area (Å²) in [5.41, 5.74) is 5.40. The highest BCUT2D eigenvalue weighted by atomic mass is 32.2. The summed E-state index contributed by atoms with van der Waals surface area (Å²) in [4.78, 5) is 4.55. The molecule has 0 bridgehead atoms. The normalized spacial score (nSPS) is 14.8. The molecule has 4 rings (SSSR count). The summed E-state index contributed by atoms with van der Waals surface area (Å²) in [5.74, 6) is 0. The van der Waals surface area contributed by atoms with Gasteiger partial charge < -0.3 is 0 Å². The lowest BCUT2D eigenvalue weighted by atomic mass is 9.93. The Morgan fingerprint density at radius 3 is 2.54 bits per heavy atom. The van der Waals surface area contributed by atoms with Gasteiger partial charge in [-0.05, 0) is 48.2 Å². The molecule has 1 aromatic heterocycles. The minimum absolute atomic E-state index is 0.352. The molecule has 132 valence electrons. The van der Waals surface area contributed by atoms with Gasteiger partial charge in [-0.1, -0.05) is 42.0 Å². The molecule has 2 heterocycles. The molecule has 0 atom stereocenters. The quantitative estimate of drug-likeness (QED) is 0.710. The predicted molar refractivity (Wildman–Crippen MR) is 102 cm³/mol. The van der Waals surface area contributed by atoms with Gasteiger partial charge >= 0.3 is 0 Å². The first-order valence-corrected chi connectivity index (χ1v) is 10.1. The second-order valence-corrected chi connectivity index (χ2v) is 8.52. The molecule has 3 aromatic rings. The third kappa shape index (κ3) is 3.04. The Kier molecular flexibility index (Phi) is 4.34. The van der Waals surface area contributed by atoms with Crippen LogP contribution in [0.15, 0.2) is 71.9 Å². The molecule has 0 amide bonds. The SMILES string of the molecule is Cc1ccc(S(=O)(=O)N2CCc3cccc(-c4cccnc4)c3C2)cc1. The Bertz CT molecular complexity index is 1030. The van der Waals surface area contributed by atoms with Crippen molar-refractivity contribution in [3.63, 3.8) is 0 Å². The van der Waals surface area contributed by atoms with Gasteiger partial charge in [-0.2, -0.15) is 4.31 Å². The van der Waals surface area contributed by atoms with Crippen molar-refractivity contribution in [3.8, 4) is 11.1 Å². The fourth-order valence-electron chi connectivity index (χ4n) is 3.41. The van der Waals surface area contributed by atoms with Crippen LogP contribution in [0.2, 0.25) is 0 Å². The molecule has 4 nitrogen and oxygen atoms in total. The molecule has 0 aliphatic carbocycles. The maximum atomic E-state index is 13.1. The molecule has 0 saturated carbocycles. The van der Waals surface area contributed by atoms with Crippen LogP contribution in [0.1, 0.15) is 16.7 Å². The summed E-state index contributed by atoms with van der Waals surface area (Å²) in [7, 11) is -3.50. The summed E-state index contributed by atoms with van der Waals surface area (Å²) in [6.45, 7) is 2.84. The Morgan fingerprint density at radius 2 is 1.81 bits per heavy atom. The second-order valence-electron chi connectivity index (χ2n) is 6.59. The van der Waals surface area contributed by atoms with Crippen LogP contribution < -0.4 is 0 Å². The van der Waals surface area contributed by atoms with Gasteiger partial charge in [0.25, 0.3) is 0 Å². The smallest absolute Gasteiger partial charge is 0.243 e. The number of hydrogen-bond acceptors (Lipinski definition) is 3. The molecular formula is C21H20N2O2S. The standard InChI is InChI=1S/C21H20N2O2S/c1-16-7-9-19(10-8-16)26(24,25)23-13-11-17-4-2-6-20(21(17)15-23)18-5-3-12-22-14-18/h2-10,12,14H,11,13,15H2,1H3. The maximum absolute atomic E-state index is 13.1. The predicted octanol–water partition coefficient (Wildman–Crippen LogP) is 3.80. The third-order valence-electron chi connectivity index (χ3n) is 4.87. The van der Waals surface area contributed by atoms with Crippen LogP contribution in [-0.4, -0.2) is 24.3 Å². The van der Waals surface area contributed by atoms with Crippen molar-refractivity contribution in [1.82, 2.24) is 9.29 Å². The largest absolute Gasteiger partial charge is 0.264 e. The summed E-state index contributed by atoms with van der Waals surface area (Å²) in [6, 6.07) is 17.1. The molecule has 1 aliphatic rings. The molecule has 0 spiro atoms. The van der Waals surface area contributed by atoms with E-state index in [1.807, 2.05) is 49.5 Å². The summed E-state index contributed by atoms with van der Waals surface area (Å²) < 4.78 is 27.7. The third-order valence-corrected chi connectivity index (χ3v) is 6.73. The van der Waals surface area contributed by atoms with E-state index in [9.17, 15) is 8.42 Å². The van der Waals surface area contributed by atoms with Gasteiger partial charge in [-0.15, -0.1) is 0 Å². The molecular weight excluding hydrogens is 344 g/mol. The number of nitrogens with zero attached hydrogens (tertiary/aromatic N) is 2. The van der Waals surface area contributed by atoms with E-state index in [1.165, 1.54) is 5.56 Å². The second kappa shape index (κ2) is 6.67. The van der Waals surface area contributed by atoms with Crippen molar-refractivity contribution >= 4 is 10.0 Å². The molecule has 2 aromatic carbocycles. The fourth-order valence-corrected chi connectivity index (χ4v) is 4.82. The van der Waals surface area contributed by atoms with Gasteiger partial charge in [0.05, 0.1) is 4.90 Å². The zero-order valence-electron chi connectivity index (χ0n) is 14.6. The number of pyridine rings is 1. The Hall–Kier alpha value is -2.50. The van der Waals surface area contributed by atoms with E-state index in [0.717, 1.165) is 22.3 Å². The molecule has 0 fully saturated rings. The van der Waals surface area contributed by atoms with Crippen LogP contribution in [0, 0.1) is 6.92 Å². The minimum Gasteiger partial charge on any atom is -0.264 e. The van der Waals surface area contributed by atoms with Gasteiger partial charge in [0, 0.05) is 31.0 Å². The van der Waals surface area contributed by atoms with E-state index in [-0.39, 0.29) is 0 Å². The monoisotopic (exact) mass is 364 g/mol. The number of fused-ring (bicyclic) bond motifs is 1. The van der Waals surface area contributed by atoms with Crippen LogP contribution in [0.4, 0.5) is 0 Å². The molecule has 1 aliphatic heterocycles. The summed E-state index contributed by atoms with van der Waals surface area (Å²) in [5, 5.41) is 0. The molecule has 0 radical (unpaired) electrons. The zero-order chi connectivity index (χ0) is 18.1. The number of hydrogen-bond donors (Lipinski definition) is 0. The molecule has 0 saturated heterocycles. The Labute approximate surface area is 154 Å².